The van der Waals surface area contributed by atoms with Crippen LogP contribution in [-0.2, 0) is 4.74 Å². The van der Waals surface area contributed by atoms with E-state index in [-0.39, 0.29) is 0 Å². The maximum atomic E-state index is 11.7. The molecule has 110 valence electrons. The first kappa shape index (κ1) is 15.3. The van der Waals surface area contributed by atoms with Crippen LogP contribution in [0.3, 0.4) is 0 Å². The molecule has 1 aromatic heterocycles. The minimum Gasteiger partial charge on any atom is -0.444 e. The van der Waals surface area contributed by atoms with Crippen LogP contribution in [0, 0.1) is 0 Å². The van der Waals surface area contributed by atoms with Gasteiger partial charge in [-0.25, -0.2) is 9.78 Å². The Kier molecular flexibility index (Phi) is 4.48. The Balaban J connectivity index is 2.07. The quantitative estimate of drug-likeness (QED) is 0.815. The summed E-state index contributed by atoms with van der Waals surface area (Å²) in [4.78, 5) is 15.6. The third-order valence-electron chi connectivity index (χ3n) is 2.59. The highest BCUT2D eigenvalue weighted by Gasteiger charge is 2.16. The molecule has 1 N–H and O–H groups in total. The number of amides is 1. The van der Waals surface area contributed by atoms with Gasteiger partial charge in [-0.15, -0.1) is 0 Å². The Morgan fingerprint density at radius 2 is 1.81 bits per heavy atom. The number of nitrogens with one attached hydrogen (secondary N) is 1. The fourth-order valence-electron chi connectivity index (χ4n) is 1.75. The van der Waals surface area contributed by atoms with Crippen molar-refractivity contribution in [1.82, 2.24) is 4.98 Å². The van der Waals surface area contributed by atoms with Gasteiger partial charge in [-0.1, -0.05) is 23.7 Å². The number of ether oxygens (including phenoxy) is 1. The van der Waals surface area contributed by atoms with Crippen molar-refractivity contribution in [2.24, 2.45) is 0 Å². The average molecular weight is 305 g/mol. The maximum absolute atomic E-state index is 11.7. The van der Waals surface area contributed by atoms with Crippen LogP contribution in [0.5, 0.6) is 0 Å². The molecule has 0 bridgehead atoms. The largest absolute Gasteiger partial charge is 0.444 e. The first-order chi connectivity index (χ1) is 9.83. The molecule has 2 rings (SSSR count). The third kappa shape index (κ3) is 4.76. The van der Waals surface area contributed by atoms with Crippen molar-refractivity contribution in [3.63, 3.8) is 0 Å². The van der Waals surface area contributed by atoms with Crippen molar-refractivity contribution in [2.75, 3.05) is 5.32 Å². The van der Waals surface area contributed by atoms with Crippen molar-refractivity contribution in [3.05, 3.63) is 47.7 Å². The molecular formula is C16H17ClN2O2. The fourth-order valence-corrected chi connectivity index (χ4v) is 1.92. The third-order valence-corrected chi connectivity index (χ3v) is 2.80. The number of carbonyl (C=O) groups excluding carboxylic acids is 1. The zero-order valence-corrected chi connectivity index (χ0v) is 12.9. The molecule has 0 saturated carbocycles. The van der Waals surface area contributed by atoms with Crippen LogP contribution in [0.1, 0.15) is 20.8 Å². The fraction of sp³-hybridized carbons (Fsp3) is 0.250. The lowest BCUT2D eigenvalue weighted by atomic mass is 10.1. The van der Waals surface area contributed by atoms with Crippen molar-refractivity contribution < 1.29 is 9.53 Å². The lowest BCUT2D eigenvalue weighted by Crippen LogP contribution is -2.27. The highest BCUT2D eigenvalue weighted by Crippen LogP contribution is 2.23. The number of halogens is 1. The molecule has 0 spiro atoms. The molecule has 0 aliphatic carbocycles. The minimum atomic E-state index is -0.516. The summed E-state index contributed by atoms with van der Waals surface area (Å²) in [6.07, 6.45) is 1.19. The van der Waals surface area contributed by atoms with Gasteiger partial charge in [-0.2, -0.15) is 0 Å². The van der Waals surface area contributed by atoms with Crippen LogP contribution < -0.4 is 5.32 Å². The number of hydrogen-bond donors (Lipinski definition) is 1. The molecular weight excluding hydrogens is 288 g/mol. The second-order valence-electron chi connectivity index (χ2n) is 5.57. The molecule has 0 unspecified atom stereocenters. The van der Waals surface area contributed by atoms with Crippen LogP contribution in [-0.4, -0.2) is 16.7 Å². The van der Waals surface area contributed by atoms with Crippen molar-refractivity contribution >= 4 is 23.4 Å². The van der Waals surface area contributed by atoms with E-state index >= 15 is 0 Å². The molecule has 0 fully saturated rings. The van der Waals surface area contributed by atoms with E-state index in [4.69, 9.17) is 16.3 Å². The Labute approximate surface area is 129 Å². The van der Waals surface area contributed by atoms with Gasteiger partial charge in [0.1, 0.15) is 10.8 Å². The number of rotatable bonds is 2. The van der Waals surface area contributed by atoms with Gasteiger partial charge in [-0.05, 0) is 56.2 Å². The van der Waals surface area contributed by atoms with Crippen LogP contribution in [0.4, 0.5) is 10.5 Å². The van der Waals surface area contributed by atoms with Gasteiger partial charge >= 0.3 is 6.09 Å². The molecule has 2 aromatic rings. The van der Waals surface area contributed by atoms with E-state index < -0.39 is 11.7 Å². The smallest absolute Gasteiger partial charge is 0.412 e. The highest BCUT2D eigenvalue weighted by atomic mass is 35.5. The SMILES string of the molecule is CC(C)(C)OC(=O)Nc1ccc(-c2ccnc(Cl)c2)cc1. The van der Waals surface area contributed by atoms with Gasteiger partial charge in [0.25, 0.3) is 0 Å². The number of hydrogen-bond acceptors (Lipinski definition) is 3. The average Bonchev–Trinajstić information content (AvgIpc) is 2.37. The summed E-state index contributed by atoms with van der Waals surface area (Å²) in [5.74, 6) is 0. The van der Waals surface area contributed by atoms with Crippen LogP contribution >= 0.6 is 11.6 Å². The lowest BCUT2D eigenvalue weighted by Gasteiger charge is -2.19. The molecule has 5 heteroatoms. The second-order valence-corrected chi connectivity index (χ2v) is 5.96. The second kappa shape index (κ2) is 6.14. The number of nitrogens with zero attached hydrogens (tertiary/aromatic N) is 1. The monoisotopic (exact) mass is 304 g/mol. The summed E-state index contributed by atoms with van der Waals surface area (Å²) in [5, 5.41) is 3.14. The summed E-state index contributed by atoms with van der Waals surface area (Å²) in [5.41, 5.74) is 2.12. The van der Waals surface area contributed by atoms with Crippen molar-refractivity contribution in [1.29, 1.82) is 0 Å². The van der Waals surface area contributed by atoms with E-state index in [0.29, 0.717) is 10.8 Å². The molecule has 4 nitrogen and oxygen atoms in total. The lowest BCUT2D eigenvalue weighted by molar-refractivity contribution is 0.0636. The predicted molar refractivity (Wildman–Crippen MR) is 84.5 cm³/mol. The van der Waals surface area contributed by atoms with E-state index in [9.17, 15) is 4.79 Å². The zero-order chi connectivity index (χ0) is 15.5. The van der Waals surface area contributed by atoms with Gasteiger partial charge < -0.3 is 4.74 Å². The summed E-state index contributed by atoms with van der Waals surface area (Å²) in [6.45, 7) is 5.47. The first-order valence-electron chi connectivity index (χ1n) is 6.55. The van der Waals surface area contributed by atoms with Gasteiger partial charge in [0.05, 0.1) is 0 Å². The van der Waals surface area contributed by atoms with Gasteiger partial charge in [0.2, 0.25) is 0 Å². The van der Waals surface area contributed by atoms with E-state index in [2.05, 4.69) is 10.3 Å². The Morgan fingerprint density at radius 1 is 1.14 bits per heavy atom. The van der Waals surface area contributed by atoms with Crippen molar-refractivity contribution in [2.45, 2.75) is 26.4 Å². The number of benzene rings is 1. The standard InChI is InChI=1S/C16H17ClN2O2/c1-16(2,3)21-15(20)19-13-6-4-11(5-7-13)12-8-9-18-14(17)10-12/h4-10H,1-3H3,(H,19,20). The van der Waals surface area contributed by atoms with E-state index in [1.165, 1.54) is 0 Å². The van der Waals surface area contributed by atoms with E-state index in [1.807, 2.05) is 51.1 Å². The molecule has 21 heavy (non-hydrogen) atoms. The van der Waals surface area contributed by atoms with Gasteiger partial charge in [0, 0.05) is 11.9 Å². The first-order valence-corrected chi connectivity index (χ1v) is 6.93. The van der Waals surface area contributed by atoms with Crippen LogP contribution in [0.15, 0.2) is 42.6 Å². The number of pyridine rings is 1. The number of aromatic nitrogens is 1. The van der Waals surface area contributed by atoms with E-state index in [1.54, 1.807) is 12.3 Å². The van der Waals surface area contributed by atoms with Crippen LogP contribution in [0.2, 0.25) is 5.15 Å². The normalized spacial score (nSPS) is 11.0. The minimum absolute atomic E-state index is 0.448. The van der Waals surface area contributed by atoms with E-state index in [0.717, 1.165) is 11.1 Å². The Bertz CT molecular complexity index is 633. The molecule has 0 aliphatic rings. The molecule has 0 atom stereocenters. The predicted octanol–water partition coefficient (Wildman–Crippen LogP) is 4.75. The maximum Gasteiger partial charge on any atom is 0.412 e. The molecule has 1 aromatic carbocycles. The van der Waals surface area contributed by atoms with Crippen LogP contribution in [0.25, 0.3) is 11.1 Å². The molecule has 0 saturated heterocycles. The Hall–Kier alpha value is -2.07. The summed E-state index contributed by atoms with van der Waals surface area (Å²) >= 11 is 5.87. The topological polar surface area (TPSA) is 51.2 Å². The van der Waals surface area contributed by atoms with Crippen molar-refractivity contribution in [3.8, 4) is 11.1 Å². The number of anilines is 1. The summed E-state index contributed by atoms with van der Waals surface area (Å²) < 4.78 is 5.20. The number of carbonyl (C=O) groups is 1. The summed E-state index contributed by atoms with van der Waals surface area (Å²) in [7, 11) is 0. The molecule has 0 radical (unpaired) electrons. The summed E-state index contributed by atoms with van der Waals surface area (Å²) in [6, 6.07) is 11.1. The zero-order valence-electron chi connectivity index (χ0n) is 12.2. The molecule has 1 amide bonds. The molecule has 0 aliphatic heterocycles. The highest BCUT2D eigenvalue weighted by molar-refractivity contribution is 6.29. The Morgan fingerprint density at radius 3 is 2.38 bits per heavy atom. The van der Waals surface area contributed by atoms with Gasteiger partial charge in [-0.3, -0.25) is 5.32 Å². The van der Waals surface area contributed by atoms with Gasteiger partial charge in [0.15, 0.2) is 0 Å². The molecule has 1 heterocycles.